The van der Waals surface area contributed by atoms with Crippen LogP contribution in [0.25, 0.3) is 11.0 Å². The molecule has 3 aromatic heterocycles. The Kier molecular flexibility index (Phi) is 3.43. The molecule has 4 heterocycles. The van der Waals surface area contributed by atoms with Crippen LogP contribution >= 0.6 is 0 Å². The molecular formula is C14H18N8O. The monoisotopic (exact) mass is 314 g/mol. The zero-order valence-corrected chi connectivity index (χ0v) is 12.5. The smallest absolute Gasteiger partial charge is 0.151 e. The lowest BCUT2D eigenvalue weighted by Gasteiger charge is -2.34. The molecule has 1 aliphatic heterocycles. The van der Waals surface area contributed by atoms with Crippen LogP contribution < -0.4 is 5.73 Å². The largest absolute Gasteiger partial charge is 0.392 e. The summed E-state index contributed by atoms with van der Waals surface area (Å²) in [6, 6.07) is 0. The van der Waals surface area contributed by atoms with Gasteiger partial charge in [-0.1, -0.05) is 5.21 Å². The van der Waals surface area contributed by atoms with Crippen LogP contribution in [0.2, 0.25) is 0 Å². The van der Waals surface area contributed by atoms with E-state index in [9.17, 15) is 5.11 Å². The van der Waals surface area contributed by atoms with E-state index in [1.165, 1.54) is 6.33 Å². The molecule has 2 unspecified atom stereocenters. The number of nitrogens with one attached hydrogen (secondary N) is 2. The molecule has 120 valence electrons. The number of β-amino-alcohol motifs (C(OH)–C–C–N with tert-alkyl or cyclic N) is 1. The third kappa shape index (κ3) is 2.64. The van der Waals surface area contributed by atoms with Gasteiger partial charge in [-0.05, 0) is 6.42 Å². The molecule has 0 amide bonds. The fourth-order valence-corrected chi connectivity index (χ4v) is 3.29. The fraction of sp³-hybridized carbons (Fsp3) is 0.429. The summed E-state index contributed by atoms with van der Waals surface area (Å²) in [6.45, 7) is 2.13. The summed E-state index contributed by atoms with van der Waals surface area (Å²) in [5.74, 6) is 0.614. The summed E-state index contributed by atoms with van der Waals surface area (Å²) in [5.41, 5.74) is 9.37. The standard InChI is InChI=1S/C14H18N8O/c15-14-13-12(17-7-18-14)9(2-16-13)5-22-4-8(1-10(23)6-22)11-3-19-21-20-11/h2-3,7-8,10,16,23H,1,4-6H2,(H2,15,17,18)(H,19,20,21). The highest BCUT2D eigenvalue weighted by atomic mass is 16.3. The quantitative estimate of drug-likeness (QED) is 0.535. The van der Waals surface area contributed by atoms with Gasteiger partial charge in [0.05, 0.1) is 17.3 Å². The first-order valence-electron chi connectivity index (χ1n) is 7.54. The number of nitrogens with zero attached hydrogens (tertiary/aromatic N) is 5. The van der Waals surface area contributed by atoms with Crippen molar-refractivity contribution < 1.29 is 5.11 Å². The Morgan fingerprint density at radius 1 is 1.30 bits per heavy atom. The third-order valence-electron chi connectivity index (χ3n) is 4.32. The number of aliphatic hydroxyl groups is 1. The lowest BCUT2D eigenvalue weighted by Crippen LogP contribution is -2.41. The molecule has 4 rings (SSSR count). The van der Waals surface area contributed by atoms with Crippen molar-refractivity contribution in [3.63, 3.8) is 0 Å². The van der Waals surface area contributed by atoms with Crippen molar-refractivity contribution >= 4 is 16.9 Å². The van der Waals surface area contributed by atoms with Crippen LogP contribution in [0, 0.1) is 0 Å². The molecule has 1 saturated heterocycles. The summed E-state index contributed by atoms with van der Waals surface area (Å²) >= 11 is 0. The van der Waals surface area contributed by atoms with Crippen LogP contribution in [0.3, 0.4) is 0 Å². The van der Waals surface area contributed by atoms with Crippen LogP contribution in [0.1, 0.15) is 23.6 Å². The third-order valence-corrected chi connectivity index (χ3v) is 4.32. The second-order valence-electron chi connectivity index (χ2n) is 5.98. The van der Waals surface area contributed by atoms with Gasteiger partial charge in [-0.25, -0.2) is 9.97 Å². The molecule has 2 atom stereocenters. The lowest BCUT2D eigenvalue weighted by molar-refractivity contribution is 0.0543. The Hall–Kier alpha value is -2.52. The topological polar surface area (TPSA) is 133 Å². The Balaban J connectivity index is 1.56. The van der Waals surface area contributed by atoms with Gasteiger partial charge in [0, 0.05) is 43.5 Å². The second-order valence-corrected chi connectivity index (χ2v) is 5.98. The summed E-state index contributed by atoms with van der Waals surface area (Å²) in [4.78, 5) is 13.6. The molecule has 0 aromatic carbocycles. The Morgan fingerprint density at radius 2 is 2.22 bits per heavy atom. The van der Waals surface area contributed by atoms with Crippen LogP contribution in [0.4, 0.5) is 5.82 Å². The number of H-pyrrole nitrogens is 2. The van der Waals surface area contributed by atoms with E-state index in [0.29, 0.717) is 25.3 Å². The van der Waals surface area contributed by atoms with Crippen molar-refractivity contribution in [3.05, 3.63) is 30.0 Å². The summed E-state index contributed by atoms with van der Waals surface area (Å²) < 4.78 is 0. The highest BCUT2D eigenvalue weighted by molar-refractivity contribution is 5.86. The van der Waals surface area contributed by atoms with Crippen LogP contribution in [-0.2, 0) is 6.54 Å². The van der Waals surface area contributed by atoms with Gasteiger partial charge in [0.25, 0.3) is 0 Å². The molecule has 0 aliphatic carbocycles. The lowest BCUT2D eigenvalue weighted by atomic mass is 9.93. The van der Waals surface area contributed by atoms with Gasteiger partial charge in [-0.15, -0.1) is 5.10 Å². The minimum Gasteiger partial charge on any atom is -0.392 e. The van der Waals surface area contributed by atoms with E-state index >= 15 is 0 Å². The first kappa shape index (κ1) is 14.1. The molecular weight excluding hydrogens is 296 g/mol. The minimum atomic E-state index is -0.379. The van der Waals surface area contributed by atoms with E-state index in [2.05, 4.69) is 35.3 Å². The molecule has 0 bridgehead atoms. The second kappa shape index (κ2) is 5.60. The maximum atomic E-state index is 10.2. The van der Waals surface area contributed by atoms with Crippen LogP contribution in [0.5, 0.6) is 0 Å². The average Bonchev–Trinajstić information content (AvgIpc) is 3.18. The highest BCUT2D eigenvalue weighted by Crippen LogP contribution is 2.27. The van der Waals surface area contributed by atoms with Gasteiger partial charge in [-0.2, -0.15) is 0 Å². The van der Waals surface area contributed by atoms with Crippen molar-refractivity contribution in [1.82, 2.24) is 35.3 Å². The summed E-state index contributed by atoms with van der Waals surface area (Å²) in [6.07, 6.45) is 5.49. The number of aromatic nitrogens is 6. The number of nitrogen functional groups attached to an aromatic ring is 1. The van der Waals surface area contributed by atoms with Crippen LogP contribution in [-0.4, -0.2) is 59.6 Å². The molecule has 9 nitrogen and oxygen atoms in total. The van der Waals surface area contributed by atoms with Gasteiger partial charge < -0.3 is 15.8 Å². The number of aliphatic hydroxyl groups excluding tert-OH is 1. The molecule has 5 N–H and O–H groups in total. The molecule has 0 spiro atoms. The predicted molar refractivity (Wildman–Crippen MR) is 83.3 cm³/mol. The van der Waals surface area contributed by atoms with Gasteiger partial charge in [0.15, 0.2) is 5.82 Å². The molecule has 0 radical (unpaired) electrons. The van der Waals surface area contributed by atoms with Crippen molar-refractivity contribution in [1.29, 1.82) is 0 Å². The molecule has 0 saturated carbocycles. The van der Waals surface area contributed by atoms with Crippen molar-refractivity contribution in [2.45, 2.75) is 25.0 Å². The summed E-state index contributed by atoms with van der Waals surface area (Å²) in [5, 5.41) is 20.8. The molecule has 9 heteroatoms. The predicted octanol–water partition coefficient (Wildman–Crippen LogP) is 0.00860. The Labute approximate surface area is 131 Å². The highest BCUT2D eigenvalue weighted by Gasteiger charge is 2.29. The average molecular weight is 314 g/mol. The fourth-order valence-electron chi connectivity index (χ4n) is 3.29. The van der Waals surface area contributed by atoms with E-state index < -0.39 is 0 Å². The van der Waals surface area contributed by atoms with Gasteiger partial charge >= 0.3 is 0 Å². The van der Waals surface area contributed by atoms with Crippen molar-refractivity contribution in [2.75, 3.05) is 18.8 Å². The number of fused-ring (bicyclic) bond motifs is 1. The van der Waals surface area contributed by atoms with E-state index in [4.69, 9.17) is 5.73 Å². The van der Waals surface area contributed by atoms with E-state index in [0.717, 1.165) is 28.8 Å². The SMILES string of the molecule is Nc1ncnc2c(CN3CC(O)CC(c4c[nH]nn4)C3)c[nH]c12. The van der Waals surface area contributed by atoms with Gasteiger partial charge in [0.1, 0.15) is 11.8 Å². The Morgan fingerprint density at radius 3 is 3.04 bits per heavy atom. The zero-order valence-electron chi connectivity index (χ0n) is 12.5. The van der Waals surface area contributed by atoms with Crippen molar-refractivity contribution in [3.8, 4) is 0 Å². The number of piperidine rings is 1. The number of likely N-dealkylation sites (tertiary alicyclic amines) is 1. The normalized spacial score (nSPS) is 22.7. The van der Waals surface area contributed by atoms with E-state index in [-0.39, 0.29) is 12.0 Å². The maximum absolute atomic E-state index is 10.2. The Bertz CT molecular complexity index is 798. The van der Waals surface area contributed by atoms with Crippen LogP contribution in [0.15, 0.2) is 18.7 Å². The minimum absolute atomic E-state index is 0.169. The van der Waals surface area contributed by atoms with E-state index in [1.807, 2.05) is 6.20 Å². The first-order valence-corrected chi connectivity index (χ1v) is 7.54. The number of rotatable bonds is 3. The molecule has 3 aromatic rings. The number of hydrogen-bond acceptors (Lipinski definition) is 7. The zero-order chi connectivity index (χ0) is 15.8. The number of hydrogen-bond donors (Lipinski definition) is 4. The molecule has 1 aliphatic rings. The summed E-state index contributed by atoms with van der Waals surface area (Å²) in [7, 11) is 0. The van der Waals surface area contributed by atoms with Gasteiger partial charge in [-0.3, -0.25) is 10.00 Å². The first-order chi connectivity index (χ1) is 11.2. The molecule has 23 heavy (non-hydrogen) atoms. The number of nitrogens with two attached hydrogens (primary N) is 1. The van der Waals surface area contributed by atoms with Crippen molar-refractivity contribution in [2.24, 2.45) is 0 Å². The number of anilines is 1. The van der Waals surface area contributed by atoms with E-state index in [1.54, 1.807) is 6.20 Å². The maximum Gasteiger partial charge on any atom is 0.151 e. The van der Waals surface area contributed by atoms with Gasteiger partial charge in [0.2, 0.25) is 0 Å². The number of aromatic amines is 2. The molecule has 1 fully saturated rings.